The third-order valence-electron chi connectivity index (χ3n) is 12.4. The first-order valence-corrected chi connectivity index (χ1v) is 21.0. The van der Waals surface area contributed by atoms with E-state index in [0.29, 0.717) is 0 Å². The van der Waals surface area contributed by atoms with E-state index >= 15 is 0 Å². The smallest absolute Gasteiger partial charge is 0.156 e. The molecule has 0 saturated carbocycles. The van der Waals surface area contributed by atoms with E-state index in [4.69, 9.17) is 13.9 Å². The Bertz CT molecular complexity index is 3590. The zero-order valence-electron chi connectivity index (χ0n) is 33.4. The molecule has 0 fully saturated rings. The number of ether oxygens (including phenoxy) is 2. The van der Waals surface area contributed by atoms with Crippen molar-refractivity contribution in [3.63, 3.8) is 0 Å². The summed E-state index contributed by atoms with van der Waals surface area (Å²) >= 11 is 0. The van der Waals surface area contributed by atoms with Crippen molar-refractivity contribution in [2.45, 2.75) is 0 Å². The maximum atomic E-state index is 7.03. The molecular formula is C58H35NO3. The van der Waals surface area contributed by atoms with Crippen molar-refractivity contribution in [2.24, 2.45) is 0 Å². The third kappa shape index (κ3) is 5.47. The van der Waals surface area contributed by atoms with Crippen molar-refractivity contribution in [1.29, 1.82) is 0 Å². The number of hydrogen-bond donors (Lipinski definition) is 0. The Morgan fingerprint density at radius 2 is 0.839 bits per heavy atom. The van der Waals surface area contributed by atoms with Crippen LogP contribution in [0.3, 0.4) is 0 Å². The molecule has 0 aliphatic carbocycles. The van der Waals surface area contributed by atoms with Crippen LogP contribution in [0.1, 0.15) is 0 Å². The summed E-state index contributed by atoms with van der Waals surface area (Å²) in [5.41, 5.74) is 15.6. The zero-order chi connectivity index (χ0) is 40.7. The van der Waals surface area contributed by atoms with Gasteiger partial charge >= 0.3 is 0 Å². The van der Waals surface area contributed by atoms with Gasteiger partial charge in [-0.2, -0.15) is 0 Å². The van der Waals surface area contributed by atoms with Gasteiger partial charge in [0.15, 0.2) is 23.0 Å². The molecule has 0 radical (unpaired) electrons. The summed E-state index contributed by atoms with van der Waals surface area (Å²) in [6, 6.07) is 75.0. The molecule has 0 amide bonds. The molecule has 10 aromatic carbocycles. The van der Waals surface area contributed by atoms with Crippen molar-refractivity contribution in [1.82, 2.24) is 0 Å². The van der Waals surface area contributed by atoms with E-state index in [-0.39, 0.29) is 0 Å². The molecule has 1 aromatic heterocycles. The van der Waals surface area contributed by atoms with Crippen LogP contribution in [0.25, 0.3) is 88.3 Å². The van der Waals surface area contributed by atoms with E-state index in [0.717, 1.165) is 107 Å². The van der Waals surface area contributed by atoms with E-state index in [1.807, 2.05) is 24.3 Å². The number of nitrogens with zero attached hydrogens (tertiary/aromatic N) is 1. The van der Waals surface area contributed by atoms with E-state index in [1.165, 1.54) is 21.9 Å². The average molecular weight is 794 g/mol. The molecule has 0 unspecified atom stereocenters. The van der Waals surface area contributed by atoms with Gasteiger partial charge in [-0.1, -0.05) is 158 Å². The molecule has 4 heteroatoms. The highest BCUT2D eigenvalue weighted by molar-refractivity contribution is 6.13. The van der Waals surface area contributed by atoms with Gasteiger partial charge in [0.1, 0.15) is 16.9 Å². The second-order valence-electron chi connectivity index (χ2n) is 16.1. The fourth-order valence-electron chi connectivity index (χ4n) is 9.47. The summed E-state index contributed by atoms with van der Waals surface area (Å²) in [4.78, 5) is 2.30. The molecule has 2 aliphatic rings. The molecule has 62 heavy (non-hydrogen) atoms. The van der Waals surface area contributed by atoms with Crippen LogP contribution in [-0.4, -0.2) is 0 Å². The maximum Gasteiger partial charge on any atom is 0.156 e. The minimum atomic E-state index is 0.724. The van der Waals surface area contributed by atoms with Crippen molar-refractivity contribution in [3.05, 3.63) is 212 Å². The largest absolute Gasteiger partial charge is 0.456 e. The molecule has 290 valence electrons. The molecule has 11 aromatic rings. The van der Waals surface area contributed by atoms with Crippen molar-refractivity contribution >= 4 is 49.8 Å². The highest BCUT2D eigenvalue weighted by Crippen LogP contribution is 2.61. The lowest BCUT2D eigenvalue weighted by molar-refractivity contribution is 0.446. The van der Waals surface area contributed by atoms with Crippen LogP contribution in [-0.2, 0) is 0 Å². The Kier molecular flexibility index (Phi) is 7.57. The van der Waals surface area contributed by atoms with Crippen LogP contribution in [0.15, 0.2) is 217 Å². The summed E-state index contributed by atoms with van der Waals surface area (Å²) < 4.78 is 20.3. The van der Waals surface area contributed by atoms with E-state index in [2.05, 4.69) is 193 Å². The Hall–Kier alpha value is -8.34. The van der Waals surface area contributed by atoms with Gasteiger partial charge in [0.05, 0.1) is 11.4 Å². The number of para-hydroxylation sites is 1. The lowest BCUT2D eigenvalue weighted by atomic mass is 9.92. The van der Waals surface area contributed by atoms with Gasteiger partial charge < -0.3 is 13.9 Å². The Balaban J connectivity index is 0.939. The highest BCUT2D eigenvalue weighted by Gasteiger charge is 2.36. The monoisotopic (exact) mass is 793 g/mol. The van der Waals surface area contributed by atoms with Crippen LogP contribution < -0.4 is 14.4 Å². The van der Waals surface area contributed by atoms with Gasteiger partial charge in [-0.15, -0.1) is 0 Å². The van der Waals surface area contributed by atoms with Gasteiger partial charge in [-0.3, -0.25) is 4.90 Å². The van der Waals surface area contributed by atoms with Gasteiger partial charge in [0, 0.05) is 10.8 Å². The predicted octanol–water partition coefficient (Wildman–Crippen LogP) is 16.8. The molecule has 0 bridgehead atoms. The van der Waals surface area contributed by atoms with Crippen LogP contribution in [0.2, 0.25) is 0 Å². The van der Waals surface area contributed by atoms with Crippen molar-refractivity contribution < 1.29 is 13.9 Å². The predicted molar refractivity (Wildman–Crippen MR) is 253 cm³/mol. The molecule has 0 atom stereocenters. The number of rotatable bonds is 5. The Labute approximate surface area is 358 Å². The van der Waals surface area contributed by atoms with E-state index in [1.54, 1.807) is 0 Å². The van der Waals surface area contributed by atoms with Crippen LogP contribution in [0.4, 0.5) is 17.1 Å². The molecule has 2 aliphatic heterocycles. The minimum absolute atomic E-state index is 0.724. The maximum absolute atomic E-state index is 7.03. The molecule has 0 N–H and O–H groups in total. The molecule has 3 heterocycles. The van der Waals surface area contributed by atoms with Crippen LogP contribution in [0, 0.1) is 0 Å². The summed E-state index contributed by atoms with van der Waals surface area (Å²) in [7, 11) is 0. The number of hydrogen-bond acceptors (Lipinski definition) is 4. The lowest BCUT2D eigenvalue weighted by Crippen LogP contribution is -2.20. The molecule has 0 saturated heterocycles. The van der Waals surface area contributed by atoms with Gasteiger partial charge in [-0.25, -0.2) is 0 Å². The SMILES string of the molecule is c1ccc(-c2ccc3c(c2)Oc2cc(-c4cccc5oc6ccccc6c45)cc4c2N3c2ccc(-c3ccccc3-c3ccc(-c5ccc6ccccc6c5)cc3)cc2O4)cc1. The summed E-state index contributed by atoms with van der Waals surface area (Å²) in [6.07, 6.45) is 0. The number of furan rings is 1. The second kappa shape index (κ2) is 13.6. The first kappa shape index (κ1) is 34.5. The number of benzene rings is 10. The van der Waals surface area contributed by atoms with Crippen LogP contribution in [0.5, 0.6) is 23.0 Å². The number of anilines is 3. The quantitative estimate of drug-likeness (QED) is 0.174. The second-order valence-corrected chi connectivity index (χ2v) is 16.1. The van der Waals surface area contributed by atoms with Crippen molar-refractivity contribution in [3.8, 4) is 78.6 Å². The summed E-state index contributed by atoms with van der Waals surface area (Å²) in [5.74, 6) is 3.00. The molecular weight excluding hydrogens is 759 g/mol. The molecule has 13 rings (SSSR count). The fraction of sp³-hybridized carbons (Fsp3) is 0. The topological polar surface area (TPSA) is 34.8 Å². The van der Waals surface area contributed by atoms with Gasteiger partial charge in [-0.05, 0) is 121 Å². The standard InChI is InChI=1S/C58H35NO3/c1-2-11-36(12-3-1)42-27-29-49-53(32-42)61-55-34-44(47-18-10-20-52-57(47)48-17-8-9-19-51(48)60-52)35-56-58(55)59(49)50-30-28-43(33-54(50)62-56)46-16-7-6-15-45(46)39-24-21-38(22-25-39)41-26-23-37-13-4-5-14-40(37)31-41/h1-35H. The fourth-order valence-corrected chi connectivity index (χ4v) is 9.47. The summed E-state index contributed by atoms with van der Waals surface area (Å²) in [5, 5.41) is 4.62. The molecule has 0 spiro atoms. The van der Waals surface area contributed by atoms with Gasteiger partial charge in [0.2, 0.25) is 0 Å². The van der Waals surface area contributed by atoms with Crippen LogP contribution >= 0.6 is 0 Å². The lowest BCUT2D eigenvalue weighted by Gasteiger charge is -2.38. The highest BCUT2D eigenvalue weighted by atomic mass is 16.5. The Morgan fingerprint density at radius 3 is 1.63 bits per heavy atom. The van der Waals surface area contributed by atoms with E-state index in [9.17, 15) is 0 Å². The van der Waals surface area contributed by atoms with E-state index < -0.39 is 0 Å². The Morgan fingerprint density at radius 1 is 0.306 bits per heavy atom. The summed E-state index contributed by atoms with van der Waals surface area (Å²) in [6.45, 7) is 0. The minimum Gasteiger partial charge on any atom is -0.456 e. The average Bonchev–Trinajstić information content (AvgIpc) is 3.73. The molecule has 4 nitrogen and oxygen atoms in total. The number of fused-ring (bicyclic) bond motifs is 8. The third-order valence-corrected chi connectivity index (χ3v) is 12.4. The first-order chi connectivity index (χ1) is 30.7. The van der Waals surface area contributed by atoms with Gasteiger partial charge in [0.25, 0.3) is 0 Å². The first-order valence-electron chi connectivity index (χ1n) is 21.0. The van der Waals surface area contributed by atoms with Crippen molar-refractivity contribution in [2.75, 3.05) is 4.90 Å². The normalized spacial score (nSPS) is 12.4. The zero-order valence-corrected chi connectivity index (χ0v) is 33.4.